The summed E-state index contributed by atoms with van der Waals surface area (Å²) in [6.07, 6.45) is 0. The van der Waals surface area contributed by atoms with Gasteiger partial charge >= 0.3 is 0 Å². The Morgan fingerprint density at radius 2 is 2.21 bits per heavy atom. The molecular weight excluding hydrogens is 262 g/mol. The minimum Gasteiger partial charge on any atom is -0.361 e. The number of amides is 1. The Kier molecular flexibility index (Phi) is 4.34. The lowest BCUT2D eigenvalue weighted by molar-refractivity contribution is -0.114. The van der Waals surface area contributed by atoms with Gasteiger partial charge in [-0.15, -0.1) is 11.3 Å². The molecule has 6 heteroatoms. The first kappa shape index (κ1) is 13.8. The third-order valence-electron chi connectivity index (χ3n) is 2.82. The molecule has 2 N–H and O–H groups in total. The van der Waals surface area contributed by atoms with Crippen molar-refractivity contribution in [2.75, 3.05) is 5.32 Å². The van der Waals surface area contributed by atoms with Crippen LogP contribution in [0.25, 0.3) is 0 Å². The van der Waals surface area contributed by atoms with Crippen LogP contribution < -0.4 is 10.6 Å². The van der Waals surface area contributed by atoms with Crippen LogP contribution in [0.1, 0.15) is 28.8 Å². The van der Waals surface area contributed by atoms with Gasteiger partial charge in [0.05, 0.1) is 11.4 Å². The Labute approximate surface area is 116 Å². The predicted octanol–water partition coefficient (Wildman–Crippen LogP) is 2.60. The lowest BCUT2D eigenvalue weighted by Gasteiger charge is -2.06. The SMILES string of the molecule is CC(=O)Nc1ccsc1CNCc1c(C)noc1C. The Balaban J connectivity index is 1.93. The zero-order valence-electron chi connectivity index (χ0n) is 11.2. The molecule has 0 unspecified atom stereocenters. The highest BCUT2D eigenvalue weighted by Crippen LogP contribution is 2.22. The molecule has 2 aromatic heterocycles. The topological polar surface area (TPSA) is 67.2 Å². The van der Waals surface area contributed by atoms with E-state index in [1.165, 1.54) is 6.92 Å². The fourth-order valence-electron chi connectivity index (χ4n) is 1.83. The van der Waals surface area contributed by atoms with Gasteiger partial charge in [-0.25, -0.2) is 0 Å². The molecule has 0 atom stereocenters. The van der Waals surface area contributed by atoms with Crippen molar-refractivity contribution >= 4 is 22.9 Å². The van der Waals surface area contributed by atoms with E-state index in [0.717, 1.165) is 27.6 Å². The Bertz CT molecular complexity index is 555. The first-order valence-electron chi connectivity index (χ1n) is 6.04. The molecule has 5 nitrogen and oxygen atoms in total. The van der Waals surface area contributed by atoms with Crippen LogP contribution in [-0.2, 0) is 17.9 Å². The van der Waals surface area contributed by atoms with E-state index < -0.39 is 0 Å². The zero-order chi connectivity index (χ0) is 13.8. The van der Waals surface area contributed by atoms with Crippen LogP contribution in [-0.4, -0.2) is 11.1 Å². The number of anilines is 1. The highest BCUT2D eigenvalue weighted by atomic mass is 32.1. The second-order valence-corrected chi connectivity index (χ2v) is 5.35. The average molecular weight is 279 g/mol. The molecule has 2 heterocycles. The smallest absolute Gasteiger partial charge is 0.221 e. The summed E-state index contributed by atoms with van der Waals surface area (Å²) in [6, 6.07) is 1.92. The van der Waals surface area contributed by atoms with Gasteiger partial charge in [-0.1, -0.05) is 5.16 Å². The maximum Gasteiger partial charge on any atom is 0.221 e. The Hall–Kier alpha value is -1.66. The summed E-state index contributed by atoms with van der Waals surface area (Å²) >= 11 is 1.62. The summed E-state index contributed by atoms with van der Waals surface area (Å²) in [5.41, 5.74) is 2.89. The van der Waals surface area contributed by atoms with Gasteiger partial charge in [0.15, 0.2) is 0 Å². The first-order chi connectivity index (χ1) is 9.08. The van der Waals surface area contributed by atoms with Gasteiger partial charge in [-0.2, -0.15) is 0 Å². The van der Waals surface area contributed by atoms with Crippen LogP contribution >= 0.6 is 11.3 Å². The third kappa shape index (κ3) is 3.42. The minimum absolute atomic E-state index is 0.0506. The molecule has 0 radical (unpaired) electrons. The van der Waals surface area contributed by atoms with Crippen LogP contribution in [0.2, 0.25) is 0 Å². The van der Waals surface area contributed by atoms with E-state index in [9.17, 15) is 4.79 Å². The number of nitrogens with zero attached hydrogens (tertiary/aromatic N) is 1. The molecule has 0 spiro atoms. The van der Waals surface area contributed by atoms with Crippen molar-refractivity contribution in [2.24, 2.45) is 0 Å². The van der Waals surface area contributed by atoms with Crippen molar-refractivity contribution in [1.29, 1.82) is 0 Å². The van der Waals surface area contributed by atoms with Crippen molar-refractivity contribution in [3.8, 4) is 0 Å². The normalized spacial score (nSPS) is 10.7. The Morgan fingerprint density at radius 3 is 2.84 bits per heavy atom. The van der Waals surface area contributed by atoms with Crippen LogP contribution in [0.5, 0.6) is 0 Å². The molecule has 0 aliphatic heterocycles. The summed E-state index contributed by atoms with van der Waals surface area (Å²) in [7, 11) is 0. The monoisotopic (exact) mass is 279 g/mol. The number of carbonyl (C=O) groups excluding carboxylic acids is 1. The highest BCUT2D eigenvalue weighted by molar-refractivity contribution is 7.10. The van der Waals surface area contributed by atoms with Crippen molar-refractivity contribution in [1.82, 2.24) is 10.5 Å². The van der Waals surface area contributed by atoms with Crippen molar-refractivity contribution in [2.45, 2.75) is 33.9 Å². The van der Waals surface area contributed by atoms with Gasteiger partial charge in [0.1, 0.15) is 5.76 Å². The van der Waals surface area contributed by atoms with E-state index in [2.05, 4.69) is 15.8 Å². The molecule has 2 rings (SSSR count). The average Bonchev–Trinajstić information content (AvgIpc) is 2.89. The van der Waals surface area contributed by atoms with Gasteiger partial charge in [-0.3, -0.25) is 4.79 Å². The number of carbonyl (C=O) groups is 1. The van der Waals surface area contributed by atoms with Crippen LogP contribution in [0.4, 0.5) is 5.69 Å². The molecular formula is C13H17N3O2S. The third-order valence-corrected chi connectivity index (χ3v) is 3.75. The van der Waals surface area contributed by atoms with E-state index in [1.54, 1.807) is 11.3 Å². The van der Waals surface area contributed by atoms with E-state index >= 15 is 0 Å². The number of rotatable bonds is 5. The van der Waals surface area contributed by atoms with Crippen LogP contribution in [0.3, 0.4) is 0 Å². The number of nitrogens with one attached hydrogen (secondary N) is 2. The van der Waals surface area contributed by atoms with E-state index in [0.29, 0.717) is 13.1 Å². The molecule has 0 saturated heterocycles. The zero-order valence-corrected chi connectivity index (χ0v) is 12.1. The number of aromatic nitrogens is 1. The van der Waals surface area contributed by atoms with Crippen molar-refractivity contribution in [3.05, 3.63) is 33.3 Å². The second-order valence-electron chi connectivity index (χ2n) is 4.34. The number of thiophene rings is 1. The second kappa shape index (κ2) is 5.99. The summed E-state index contributed by atoms with van der Waals surface area (Å²) in [5, 5.41) is 12.1. The van der Waals surface area contributed by atoms with Gasteiger partial charge in [0.2, 0.25) is 5.91 Å². The Morgan fingerprint density at radius 1 is 1.42 bits per heavy atom. The van der Waals surface area contributed by atoms with Crippen molar-refractivity contribution < 1.29 is 9.32 Å². The standard InChI is InChI=1S/C13H17N3O2S/c1-8-11(9(2)18-16-8)6-14-7-13-12(4-5-19-13)15-10(3)17/h4-5,14H,6-7H2,1-3H3,(H,15,17). The summed E-state index contributed by atoms with van der Waals surface area (Å²) in [4.78, 5) is 12.2. The molecule has 0 bridgehead atoms. The number of hydrogen-bond acceptors (Lipinski definition) is 5. The predicted molar refractivity (Wildman–Crippen MR) is 75.1 cm³/mol. The molecule has 1 amide bonds. The number of aryl methyl sites for hydroxylation is 2. The summed E-state index contributed by atoms with van der Waals surface area (Å²) in [6.45, 7) is 6.76. The quantitative estimate of drug-likeness (QED) is 0.883. The van der Waals surface area contributed by atoms with Crippen LogP contribution in [0.15, 0.2) is 16.0 Å². The van der Waals surface area contributed by atoms with Crippen molar-refractivity contribution in [3.63, 3.8) is 0 Å². The van der Waals surface area contributed by atoms with Crippen LogP contribution in [0, 0.1) is 13.8 Å². The fraction of sp³-hybridized carbons (Fsp3) is 0.385. The largest absolute Gasteiger partial charge is 0.361 e. The molecule has 0 aliphatic rings. The number of hydrogen-bond donors (Lipinski definition) is 2. The fourth-order valence-corrected chi connectivity index (χ4v) is 2.63. The molecule has 0 aliphatic carbocycles. The van der Waals surface area contributed by atoms with Gasteiger partial charge in [0.25, 0.3) is 0 Å². The van der Waals surface area contributed by atoms with Gasteiger partial charge in [-0.05, 0) is 25.3 Å². The molecule has 2 aromatic rings. The van der Waals surface area contributed by atoms with E-state index in [1.807, 2.05) is 25.3 Å². The lowest BCUT2D eigenvalue weighted by Crippen LogP contribution is -2.15. The maximum absolute atomic E-state index is 11.1. The highest BCUT2D eigenvalue weighted by Gasteiger charge is 2.09. The molecule has 0 aromatic carbocycles. The maximum atomic E-state index is 11.1. The first-order valence-corrected chi connectivity index (χ1v) is 6.92. The summed E-state index contributed by atoms with van der Waals surface area (Å²) < 4.78 is 5.12. The van der Waals surface area contributed by atoms with E-state index in [4.69, 9.17) is 4.52 Å². The molecule has 19 heavy (non-hydrogen) atoms. The van der Waals surface area contributed by atoms with Gasteiger partial charge < -0.3 is 15.2 Å². The lowest BCUT2D eigenvalue weighted by atomic mass is 10.2. The minimum atomic E-state index is -0.0506. The molecule has 0 saturated carbocycles. The molecule has 0 fully saturated rings. The summed E-state index contributed by atoms with van der Waals surface area (Å²) in [5.74, 6) is 0.795. The molecule has 102 valence electrons. The van der Waals surface area contributed by atoms with E-state index in [-0.39, 0.29) is 5.91 Å². The van der Waals surface area contributed by atoms with Gasteiger partial charge in [0, 0.05) is 30.5 Å².